The van der Waals surface area contributed by atoms with Gasteiger partial charge in [0, 0.05) is 23.6 Å². The van der Waals surface area contributed by atoms with E-state index in [-0.39, 0.29) is 11.3 Å². The quantitative estimate of drug-likeness (QED) is 0.399. The Balaban J connectivity index is 1.74. The lowest BCUT2D eigenvalue weighted by atomic mass is 9.89. The first-order valence-electron chi connectivity index (χ1n) is 9.32. The summed E-state index contributed by atoms with van der Waals surface area (Å²) in [5.74, 6) is -1.62. The lowest BCUT2D eigenvalue weighted by Gasteiger charge is -2.24. The number of methoxy groups -OCH3 is 1. The largest absolute Gasteiger partial charge is 0.467 e. The number of rotatable bonds is 5. The smallest absolute Gasteiger partial charge is 0.329 e. The molecule has 0 fully saturated rings. The first-order valence-corrected chi connectivity index (χ1v) is 9.32. The monoisotopic (exact) mass is 402 g/mol. The molecule has 0 unspecified atom stereocenters. The minimum absolute atomic E-state index is 0.0951. The Morgan fingerprint density at radius 2 is 1.57 bits per heavy atom. The second kappa shape index (κ2) is 7.79. The van der Waals surface area contributed by atoms with Crippen LogP contribution in [0.25, 0.3) is 11.1 Å². The maximum atomic E-state index is 12.9. The average molecular weight is 402 g/mol. The molecule has 1 N–H and O–H groups in total. The Morgan fingerprint density at radius 1 is 0.967 bits per heavy atom. The summed E-state index contributed by atoms with van der Waals surface area (Å²) in [6.07, 6.45) is 0. The molecule has 0 saturated heterocycles. The number of carbonyl (C=O) groups excluding carboxylic acids is 2. The molecule has 3 aromatic rings. The van der Waals surface area contributed by atoms with Crippen LogP contribution in [0.5, 0.6) is 0 Å². The van der Waals surface area contributed by atoms with Crippen LogP contribution in [0.2, 0.25) is 0 Å². The van der Waals surface area contributed by atoms with Gasteiger partial charge in [-0.15, -0.1) is 0 Å². The second-order valence-electron chi connectivity index (χ2n) is 6.93. The highest BCUT2D eigenvalue weighted by Crippen LogP contribution is 2.46. The normalized spacial score (nSPS) is 13.1. The summed E-state index contributed by atoms with van der Waals surface area (Å²) in [5, 5.41) is 13.8. The molecule has 0 aromatic heterocycles. The minimum atomic E-state index is -0.994. The molecule has 1 atom stereocenters. The van der Waals surface area contributed by atoms with Gasteiger partial charge in [0.2, 0.25) is 0 Å². The van der Waals surface area contributed by atoms with Gasteiger partial charge in [-0.05, 0) is 28.3 Å². The lowest BCUT2D eigenvalue weighted by Crippen LogP contribution is -2.45. The summed E-state index contributed by atoms with van der Waals surface area (Å²) >= 11 is 0. The van der Waals surface area contributed by atoms with Gasteiger partial charge >= 0.3 is 5.97 Å². The first kappa shape index (κ1) is 19.3. The number of esters is 1. The maximum Gasteiger partial charge on any atom is 0.329 e. The zero-order valence-corrected chi connectivity index (χ0v) is 16.1. The topological polar surface area (TPSA) is 98.5 Å². The van der Waals surface area contributed by atoms with Crippen LogP contribution < -0.4 is 5.32 Å². The molecular weight excluding hydrogens is 384 g/mol. The number of amides is 1. The van der Waals surface area contributed by atoms with Crippen LogP contribution in [0.4, 0.5) is 5.69 Å². The summed E-state index contributed by atoms with van der Waals surface area (Å²) in [5.41, 5.74) is 3.71. The number of nitrogens with one attached hydrogen (secondary N) is 1. The van der Waals surface area contributed by atoms with Crippen molar-refractivity contribution >= 4 is 17.6 Å². The molecule has 1 amide bonds. The van der Waals surface area contributed by atoms with Crippen LogP contribution in [-0.4, -0.2) is 30.0 Å². The standard InChI is InChI=1S/C23H18N2O5/c1-30-23(27)21(24-22(26)14-7-6-8-15(13-14)25(28)29)20-18-11-4-2-9-16(18)17-10-3-5-12-19(17)20/h2-13,20-21H,1H3,(H,24,26)/t21-/m1/s1. The van der Waals surface area contributed by atoms with E-state index in [4.69, 9.17) is 4.74 Å². The molecule has 30 heavy (non-hydrogen) atoms. The number of fused-ring (bicyclic) bond motifs is 3. The Morgan fingerprint density at radius 3 is 2.13 bits per heavy atom. The molecule has 0 spiro atoms. The van der Waals surface area contributed by atoms with E-state index >= 15 is 0 Å². The predicted molar refractivity (Wildman–Crippen MR) is 110 cm³/mol. The molecule has 3 aromatic carbocycles. The van der Waals surface area contributed by atoms with Gasteiger partial charge in [0.15, 0.2) is 0 Å². The van der Waals surface area contributed by atoms with Crippen molar-refractivity contribution in [3.8, 4) is 11.1 Å². The third-order valence-corrected chi connectivity index (χ3v) is 5.28. The van der Waals surface area contributed by atoms with Crippen molar-refractivity contribution < 1.29 is 19.2 Å². The van der Waals surface area contributed by atoms with E-state index in [9.17, 15) is 19.7 Å². The van der Waals surface area contributed by atoms with Crippen LogP contribution >= 0.6 is 0 Å². The molecule has 0 aliphatic heterocycles. The molecular formula is C23H18N2O5. The van der Waals surface area contributed by atoms with Crippen molar-refractivity contribution in [3.05, 3.63) is 99.6 Å². The van der Waals surface area contributed by atoms with Gasteiger partial charge in [-0.2, -0.15) is 0 Å². The van der Waals surface area contributed by atoms with Crippen molar-refractivity contribution in [2.24, 2.45) is 0 Å². The van der Waals surface area contributed by atoms with Gasteiger partial charge in [0.1, 0.15) is 6.04 Å². The molecule has 4 rings (SSSR count). The molecule has 7 heteroatoms. The Bertz CT molecular complexity index is 1110. The van der Waals surface area contributed by atoms with E-state index < -0.39 is 28.8 Å². The van der Waals surface area contributed by atoms with Crippen molar-refractivity contribution in [3.63, 3.8) is 0 Å². The number of carbonyl (C=O) groups is 2. The third-order valence-electron chi connectivity index (χ3n) is 5.28. The highest BCUT2D eigenvalue weighted by Gasteiger charge is 2.39. The highest BCUT2D eigenvalue weighted by atomic mass is 16.6. The number of non-ortho nitro benzene ring substituents is 1. The first-order chi connectivity index (χ1) is 14.5. The van der Waals surface area contributed by atoms with Crippen molar-refractivity contribution in [1.29, 1.82) is 0 Å². The van der Waals surface area contributed by atoms with Gasteiger partial charge < -0.3 is 10.1 Å². The fourth-order valence-corrected chi connectivity index (χ4v) is 3.94. The fourth-order valence-electron chi connectivity index (χ4n) is 3.94. The van der Waals surface area contributed by atoms with E-state index in [1.165, 1.54) is 31.4 Å². The van der Waals surface area contributed by atoms with Gasteiger partial charge in [-0.3, -0.25) is 14.9 Å². The lowest BCUT2D eigenvalue weighted by molar-refractivity contribution is -0.384. The van der Waals surface area contributed by atoms with E-state index in [1.54, 1.807) is 0 Å². The number of hydrogen-bond acceptors (Lipinski definition) is 5. The second-order valence-corrected chi connectivity index (χ2v) is 6.93. The van der Waals surface area contributed by atoms with Crippen molar-refractivity contribution in [2.75, 3.05) is 7.11 Å². The van der Waals surface area contributed by atoms with Gasteiger partial charge in [0.05, 0.1) is 12.0 Å². The number of ether oxygens (including phenoxy) is 1. The summed E-state index contributed by atoms with van der Waals surface area (Å²) in [6.45, 7) is 0. The van der Waals surface area contributed by atoms with E-state index in [0.29, 0.717) is 0 Å². The Labute approximate surface area is 172 Å². The molecule has 0 saturated carbocycles. The predicted octanol–water partition coefficient (Wildman–Crippen LogP) is 3.68. The van der Waals surface area contributed by atoms with Crippen LogP contribution in [0.1, 0.15) is 27.4 Å². The zero-order valence-electron chi connectivity index (χ0n) is 16.1. The Hall–Kier alpha value is -4.00. The minimum Gasteiger partial charge on any atom is -0.467 e. The van der Waals surface area contributed by atoms with Crippen LogP contribution in [0.3, 0.4) is 0 Å². The molecule has 1 aliphatic carbocycles. The zero-order chi connectivity index (χ0) is 21.3. The van der Waals surface area contributed by atoms with Crippen molar-refractivity contribution in [2.45, 2.75) is 12.0 Å². The Kier molecular flexibility index (Phi) is 5.02. The molecule has 150 valence electrons. The third kappa shape index (κ3) is 3.30. The van der Waals surface area contributed by atoms with Gasteiger partial charge in [-0.1, -0.05) is 54.6 Å². The molecule has 1 aliphatic rings. The molecule has 0 radical (unpaired) electrons. The molecule has 0 bridgehead atoms. The summed E-state index contributed by atoms with van der Waals surface area (Å²) in [7, 11) is 1.27. The van der Waals surface area contributed by atoms with E-state index in [0.717, 1.165) is 22.3 Å². The summed E-state index contributed by atoms with van der Waals surface area (Å²) in [6, 6.07) is 19.8. The van der Waals surface area contributed by atoms with E-state index in [1.807, 2.05) is 48.5 Å². The van der Waals surface area contributed by atoms with Crippen LogP contribution in [0, 0.1) is 10.1 Å². The number of nitro groups is 1. The number of nitro benzene ring substituents is 1. The number of hydrogen-bond donors (Lipinski definition) is 1. The van der Waals surface area contributed by atoms with Crippen LogP contribution in [-0.2, 0) is 9.53 Å². The average Bonchev–Trinajstić information content (AvgIpc) is 3.11. The molecule has 7 nitrogen and oxygen atoms in total. The fraction of sp³-hybridized carbons (Fsp3) is 0.130. The van der Waals surface area contributed by atoms with E-state index in [2.05, 4.69) is 5.32 Å². The highest BCUT2D eigenvalue weighted by molar-refractivity contribution is 5.98. The van der Waals surface area contributed by atoms with Crippen LogP contribution in [0.15, 0.2) is 72.8 Å². The van der Waals surface area contributed by atoms with Gasteiger partial charge in [0.25, 0.3) is 11.6 Å². The maximum absolute atomic E-state index is 12.9. The molecule has 0 heterocycles. The van der Waals surface area contributed by atoms with Gasteiger partial charge in [-0.25, -0.2) is 4.79 Å². The summed E-state index contributed by atoms with van der Waals surface area (Å²) < 4.78 is 4.99. The van der Waals surface area contributed by atoms with Crippen molar-refractivity contribution in [1.82, 2.24) is 5.32 Å². The summed E-state index contributed by atoms with van der Waals surface area (Å²) in [4.78, 5) is 36.1. The SMILES string of the molecule is COC(=O)[C@H](NC(=O)c1cccc([N+](=O)[O-])c1)C1c2ccccc2-c2ccccc21. The number of benzene rings is 3. The number of nitrogens with zero attached hydrogens (tertiary/aromatic N) is 1.